The van der Waals surface area contributed by atoms with Gasteiger partial charge in [0.2, 0.25) is 5.43 Å². The largest absolute Gasteiger partial charge is 0.455 e. The van der Waals surface area contributed by atoms with Crippen molar-refractivity contribution in [2.45, 2.75) is 19.8 Å². The van der Waals surface area contributed by atoms with Crippen LogP contribution < -0.4 is 11.2 Å². The molecule has 0 bridgehead atoms. The highest BCUT2D eigenvalue weighted by atomic mass is 79.9. The number of carbonyl (C=O) groups is 1. The van der Waals surface area contributed by atoms with E-state index in [0.717, 1.165) is 10.0 Å². The Hall–Kier alpha value is -4.09. The number of halogens is 1. The first kappa shape index (κ1) is 22.7. The lowest BCUT2D eigenvalue weighted by Crippen LogP contribution is -2.19. The fourth-order valence-corrected chi connectivity index (χ4v) is 4.13. The standard InChI is InChI=1S/C24H18BrN5O5/c25-15-5-1-3-13(7-15)9-30-10-16(28-29-30)12-34-24(33)20-21(26)17(32)8-19-23(20)27-22-14(11-31)4-2-6-18(22)35-19/h1-8,10,31H,9,11-12,26H2. The topological polar surface area (TPSA) is 146 Å². The normalized spacial score (nSPS) is 11.3. The summed E-state index contributed by atoms with van der Waals surface area (Å²) in [5.74, 6) is -0.769. The quantitative estimate of drug-likeness (QED) is 0.190. The summed E-state index contributed by atoms with van der Waals surface area (Å²) >= 11 is 3.43. The highest BCUT2D eigenvalue weighted by molar-refractivity contribution is 9.10. The molecule has 1 aliphatic heterocycles. The first-order valence-electron chi connectivity index (χ1n) is 10.5. The van der Waals surface area contributed by atoms with Gasteiger partial charge in [0.1, 0.15) is 29.1 Å². The summed E-state index contributed by atoms with van der Waals surface area (Å²) in [7, 11) is 0. The number of ether oxygens (including phenoxy) is 1. The second-order valence-corrected chi connectivity index (χ2v) is 8.68. The summed E-state index contributed by atoms with van der Waals surface area (Å²) in [6, 6.07) is 14.0. The number of esters is 1. The molecule has 0 atom stereocenters. The third-order valence-electron chi connectivity index (χ3n) is 5.34. The number of aliphatic hydroxyl groups is 1. The molecule has 10 nitrogen and oxygen atoms in total. The molecule has 35 heavy (non-hydrogen) atoms. The van der Waals surface area contributed by atoms with E-state index in [2.05, 4.69) is 31.2 Å². The molecule has 2 aliphatic rings. The summed E-state index contributed by atoms with van der Waals surface area (Å²) in [5, 5.41) is 17.7. The number of nitrogens with two attached hydrogens (primary N) is 1. The number of anilines is 1. The van der Waals surface area contributed by atoms with E-state index in [-0.39, 0.29) is 35.9 Å². The molecule has 0 unspecified atom stereocenters. The van der Waals surface area contributed by atoms with Crippen molar-refractivity contribution in [3.05, 3.63) is 91.8 Å². The Morgan fingerprint density at radius 3 is 2.83 bits per heavy atom. The predicted molar refractivity (Wildman–Crippen MR) is 130 cm³/mol. The van der Waals surface area contributed by atoms with Crippen LogP contribution in [0.5, 0.6) is 0 Å². The highest BCUT2D eigenvalue weighted by Crippen LogP contribution is 2.31. The first-order chi connectivity index (χ1) is 16.9. The minimum atomic E-state index is -0.852. The maximum Gasteiger partial charge on any atom is 0.343 e. The monoisotopic (exact) mass is 535 g/mol. The fraction of sp³-hybridized carbons (Fsp3) is 0.125. The molecule has 11 heteroatoms. The summed E-state index contributed by atoms with van der Waals surface area (Å²) < 4.78 is 13.8. The van der Waals surface area contributed by atoms with E-state index in [1.807, 2.05) is 24.3 Å². The van der Waals surface area contributed by atoms with Gasteiger partial charge in [-0.2, -0.15) is 0 Å². The van der Waals surface area contributed by atoms with Crippen LogP contribution in [0, 0.1) is 0 Å². The number of hydrogen-bond donors (Lipinski definition) is 2. The minimum Gasteiger partial charge on any atom is -0.455 e. The van der Waals surface area contributed by atoms with Crippen LogP contribution in [-0.4, -0.2) is 31.1 Å². The Balaban J connectivity index is 1.42. The van der Waals surface area contributed by atoms with Gasteiger partial charge in [-0.1, -0.05) is 45.4 Å². The molecule has 1 aromatic heterocycles. The third kappa shape index (κ3) is 4.51. The third-order valence-corrected chi connectivity index (χ3v) is 5.83. The summed E-state index contributed by atoms with van der Waals surface area (Å²) in [5.41, 5.74) is 7.57. The average Bonchev–Trinajstić information content (AvgIpc) is 3.29. The number of nitrogen functional groups attached to an aromatic ring is 1. The lowest BCUT2D eigenvalue weighted by atomic mass is 10.1. The summed E-state index contributed by atoms with van der Waals surface area (Å²) in [6.07, 6.45) is 1.66. The molecular formula is C24H18BrN5O5. The van der Waals surface area contributed by atoms with Gasteiger partial charge in [-0.3, -0.25) is 4.79 Å². The molecule has 3 N–H and O–H groups in total. The number of benzene rings is 3. The SMILES string of the molecule is Nc1c(C(=O)OCc2cn(Cc3cccc(Br)c3)nn2)c2nc3c(CO)cccc3oc-2cc1=O. The van der Waals surface area contributed by atoms with Crippen molar-refractivity contribution in [3.63, 3.8) is 0 Å². The van der Waals surface area contributed by atoms with Crippen molar-refractivity contribution in [1.82, 2.24) is 20.0 Å². The van der Waals surface area contributed by atoms with E-state index in [9.17, 15) is 14.7 Å². The zero-order valence-corrected chi connectivity index (χ0v) is 19.7. The second kappa shape index (κ2) is 9.28. The second-order valence-electron chi connectivity index (χ2n) is 7.76. The smallest absolute Gasteiger partial charge is 0.343 e. The van der Waals surface area contributed by atoms with E-state index in [1.165, 1.54) is 6.07 Å². The number of para-hydroxylation sites is 1. The number of aliphatic hydroxyl groups excluding tert-OH is 1. The average molecular weight is 536 g/mol. The zero-order chi connectivity index (χ0) is 24.5. The molecule has 3 aromatic rings. The van der Waals surface area contributed by atoms with E-state index in [4.69, 9.17) is 14.9 Å². The van der Waals surface area contributed by atoms with Gasteiger partial charge in [0, 0.05) is 16.1 Å². The molecule has 1 aliphatic carbocycles. The van der Waals surface area contributed by atoms with E-state index >= 15 is 0 Å². The van der Waals surface area contributed by atoms with Crippen LogP contribution >= 0.6 is 15.9 Å². The van der Waals surface area contributed by atoms with Crippen LogP contribution in [0.25, 0.3) is 22.6 Å². The van der Waals surface area contributed by atoms with Gasteiger partial charge in [-0.15, -0.1) is 5.10 Å². The number of aromatic nitrogens is 4. The first-order valence-corrected chi connectivity index (χ1v) is 11.3. The maximum atomic E-state index is 13.0. The molecule has 0 saturated carbocycles. The van der Waals surface area contributed by atoms with Crippen LogP contribution in [0.3, 0.4) is 0 Å². The van der Waals surface area contributed by atoms with Crippen LogP contribution in [0.2, 0.25) is 0 Å². The minimum absolute atomic E-state index is 0.0683. The zero-order valence-electron chi connectivity index (χ0n) is 18.1. The van der Waals surface area contributed by atoms with Gasteiger partial charge in [0.05, 0.1) is 25.0 Å². The van der Waals surface area contributed by atoms with Gasteiger partial charge in [0.15, 0.2) is 11.3 Å². The van der Waals surface area contributed by atoms with Crippen molar-refractivity contribution < 1.29 is 19.1 Å². The Morgan fingerprint density at radius 2 is 2.03 bits per heavy atom. The molecule has 2 aromatic carbocycles. The molecule has 2 heterocycles. The van der Waals surface area contributed by atoms with Crippen molar-refractivity contribution in [2.24, 2.45) is 0 Å². The van der Waals surface area contributed by atoms with Crippen LogP contribution in [0.1, 0.15) is 27.2 Å². The van der Waals surface area contributed by atoms with Gasteiger partial charge in [-0.25, -0.2) is 14.5 Å². The Labute approximate surface area is 206 Å². The summed E-state index contributed by atoms with van der Waals surface area (Å²) in [4.78, 5) is 29.9. The van der Waals surface area contributed by atoms with Crippen molar-refractivity contribution >= 4 is 38.7 Å². The van der Waals surface area contributed by atoms with Crippen LogP contribution in [-0.2, 0) is 24.5 Å². The van der Waals surface area contributed by atoms with Crippen molar-refractivity contribution in [2.75, 3.05) is 5.73 Å². The Kier molecular flexibility index (Phi) is 6.01. The molecule has 0 fully saturated rings. The number of hydrogen-bond acceptors (Lipinski definition) is 9. The number of nitrogens with zero attached hydrogens (tertiary/aromatic N) is 4. The van der Waals surface area contributed by atoms with Crippen molar-refractivity contribution in [1.29, 1.82) is 0 Å². The molecule has 176 valence electrons. The van der Waals surface area contributed by atoms with Crippen LogP contribution in [0.15, 0.2) is 68.4 Å². The summed E-state index contributed by atoms with van der Waals surface area (Å²) in [6.45, 7) is 0.0195. The molecule has 5 rings (SSSR count). The number of fused-ring (bicyclic) bond motifs is 2. The van der Waals surface area contributed by atoms with E-state index in [0.29, 0.717) is 28.9 Å². The lowest BCUT2D eigenvalue weighted by Gasteiger charge is -2.13. The van der Waals surface area contributed by atoms with Gasteiger partial charge in [0.25, 0.3) is 0 Å². The number of rotatable bonds is 6. The highest BCUT2D eigenvalue weighted by Gasteiger charge is 2.26. The van der Waals surface area contributed by atoms with Gasteiger partial charge >= 0.3 is 5.97 Å². The molecule has 0 radical (unpaired) electrons. The van der Waals surface area contributed by atoms with Gasteiger partial charge < -0.3 is 20.0 Å². The Morgan fingerprint density at radius 1 is 1.20 bits per heavy atom. The number of carbonyl (C=O) groups excluding carboxylic acids is 1. The van der Waals surface area contributed by atoms with E-state index < -0.39 is 11.4 Å². The van der Waals surface area contributed by atoms with Gasteiger partial charge in [-0.05, 0) is 23.8 Å². The molecular weight excluding hydrogens is 518 g/mol. The van der Waals surface area contributed by atoms with Crippen molar-refractivity contribution in [3.8, 4) is 11.5 Å². The molecule has 0 spiro atoms. The Bertz CT molecular complexity index is 1600. The lowest BCUT2D eigenvalue weighted by molar-refractivity contribution is 0.0469. The molecule has 0 amide bonds. The van der Waals surface area contributed by atoms with E-state index in [1.54, 1.807) is 29.1 Å². The van der Waals surface area contributed by atoms with Crippen LogP contribution in [0.4, 0.5) is 5.69 Å². The fourth-order valence-electron chi connectivity index (χ4n) is 3.69. The molecule has 0 saturated heterocycles. The predicted octanol–water partition coefficient (Wildman–Crippen LogP) is 3.13. The maximum absolute atomic E-state index is 13.0.